The van der Waals surface area contributed by atoms with Crippen molar-refractivity contribution in [3.63, 3.8) is 0 Å². The molecule has 0 radical (unpaired) electrons. The van der Waals surface area contributed by atoms with Gasteiger partial charge in [0, 0.05) is 79.2 Å². The lowest BCUT2D eigenvalue weighted by Crippen LogP contribution is -2.46. The molecule has 3 aromatic rings. The Hall–Kier alpha value is -5.07. The summed E-state index contributed by atoms with van der Waals surface area (Å²) in [4.78, 5) is 73.0. The molecule has 0 saturated heterocycles. The number of hydrogen-bond donors (Lipinski definition) is 4. The van der Waals surface area contributed by atoms with E-state index in [1.54, 1.807) is 49.0 Å². The van der Waals surface area contributed by atoms with Gasteiger partial charge in [-0.1, -0.05) is 57.7 Å². The zero-order valence-electron chi connectivity index (χ0n) is 37.4. The summed E-state index contributed by atoms with van der Waals surface area (Å²) in [6, 6.07) is 16.2. The van der Waals surface area contributed by atoms with E-state index in [-0.39, 0.29) is 82.9 Å². The molecule has 0 fully saturated rings. The van der Waals surface area contributed by atoms with Crippen molar-refractivity contribution in [3.05, 3.63) is 76.9 Å². The molecule has 0 unspecified atom stereocenters. The van der Waals surface area contributed by atoms with Crippen LogP contribution in [0, 0.1) is 30.1 Å². The molecule has 7 N–H and O–H groups in total. The molecule has 4 atom stereocenters. The smallest absolute Gasteiger partial charge is 0.226 e. The van der Waals surface area contributed by atoms with Gasteiger partial charge in [-0.2, -0.15) is 5.26 Å². The number of thioether (sulfide) groups is 1. The van der Waals surface area contributed by atoms with Gasteiger partial charge in [-0.05, 0) is 91.6 Å². The van der Waals surface area contributed by atoms with Gasteiger partial charge in [0.15, 0.2) is 17.3 Å². The minimum atomic E-state index is -1.20. The maximum Gasteiger partial charge on any atom is 0.226 e. The Morgan fingerprint density at radius 1 is 0.905 bits per heavy atom. The summed E-state index contributed by atoms with van der Waals surface area (Å²) in [5, 5.41) is 12.1. The van der Waals surface area contributed by atoms with Crippen molar-refractivity contribution in [1.82, 2.24) is 10.2 Å². The van der Waals surface area contributed by atoms with Crippen LogP contribution < -0.4 is 32.0 Å². The highest BCUT2D eigenvalue weighted by atomic mass is 32.2. The number of nitrogens with one attached hydrogen (secondary N) is 1. The number of hydrogen-bond acceptors (Lipinski definition) is 12. The van der Waals surface area contributed by atoms with E-state index in [2.05, 4.69) is 12.2 Å². The van der Waals surface area contributed by atoms with Gasteiger partial charge < -0.3 is 36.9 Å². The number of likely N-dealkylation sites (N-methyl/N-ethyl adjacent to an activating group) is 1. The third-order valence-corrected chi connectivity index (χ3v) is 12.4. The molecule has 4 bridgehead atoms. The molecule has 1 heterocycles. The molecular formula is C49H66N6O7S. The highest BCUT2D eigenvalue weighted by Gasteiger charge is 2.36. The maximum atomic E-state index is 14.7. The Bertz CT molecular complexity index is 2090. The van der Waals surface area contributed by atoms with E-state index in [1.165, 1.54) is 37.6 Å². The standard InChI is InChI=1S/C49H66N6O7S/c1-5-6-7-8-9-25-63-37-14-15-38(32(2)26-37)43(57)31-36(18-20-51)49(60)55(4)47-35-13-17-46(62-24-22-53)40(30-35)39-28-34(12-16-45(39)61-23-21-52)29-41(42(56)11-10-19-50)54-48(59)33(3)27-44(47)58/h12-17,26,28,30,33,36,41,47H,5-11,18,20-25,27,29,31,51-53H2,1-4H3,(H,54,59)/t33-,36-,41+,47+/m1/s1. The number of carbonyl (C=O) groups is 5. The van der Waals surface area contributed by atoms with Crippen molar-refractivity contribution in [2.24, 2.45) is 29.0 Å². The Balaban J connectivity index is 1.76. The summed E-state index contributed by atoms with van der Waals surface area (Å²) in [6.45, 7) is 6.67. The summed E-state index contributed by atoms with van der Waals surface area (Å²) in [6.07, 6.45) is 5.86. The minimum absolute atomic E-state index is 0.0197. The van der Waals surface area contributed by atoms with Gasteiger partial charge in [-0.25, -0.2) is 0 Å². The SMILES string of the molecule is CCCCCCCSc1ccc(C(=O)C[C@@H](CCN)C(=O)N(C)[C@@H]2C(=O)C[C@@H](C)C(=O)N[C@H](C(=O)CCC#N)Cc3ccc(OCCN)c(c3)-c3cc2ccc3OCCN)c(C)c1. The van der Waals surface area contributed by atoms with Crippen LogP contribution in [0.2, 0.25) is 0 Å². The third-order valence-electron chi connectivity index (χ3n) is 11.3. The zero-order chi connectivity index (χ0) is 45.9. The van der Waals surface area contributed by atoms with Gasteiger partial charge in [0.05, 0.1) is 12.1 Å². The number of ether oxygens (including phenoxy) is 2. The van der Waals surface area contributed by atoms with E-state index >= 15 is 0 Å². The molecule has 0 aliphatic carbocycles. The predicted octanol–water partition coefficient (Wildman–Crippen LogP) is 6.65. The molecule has 0 saturated carbocycles. The fraction of sp³-hybridized carbons (Fsp3) is 0.510. The number of Topliss-reactive ketones (excluding diaryl/α,β-unsaturated/α-hetero) is 3. The highest BCUT2D eigenvalue weighted by Crippen LogP contribution is 2.41. The van der Waals surface area contributed by atoms with Crippen LogP contribution in [0.3, 0.4) is 0 Å². The predicted molar refractivity (Wildman–Crippen MR) is 248 cm³/mol. The highest BCUT2D eigenvalue weighted by molar-refractivity contribution is 7.99. The Labute approximate surface area is 377 Å². The van der Waals surface area contributed by atoms with Crippen LogP contribution in [-0.4, -0.2) is 85.8 Å². The summed E-state index contributed by atoms with van der Waals surface area (Å²) in [7, 11) is 1.53. The molecule has 0 aromatic heterocycles. The fourth-order valence-corrected chi connectivity index (χ4v) is 8.92. The molecule has 340 valence electrons. The average molecular weight is 883 g/mol. The van der Waals surface area contributed by atoms with Gasteiger partial charge in [0.25, 0.3) is 0 Å². The van der Waals surface area contributed by atoms with Crippen LogP contribution in [0.25, 0.3) is 11.1 Å². The molecule has 1 aliphatic rings. The third kappa shape index (κ3) is 14.5. The summed E-state index contributed by atoms with van der Waals surface area (Å²) >= 11 is 1.77. The normalized spacial score (nSPS) is 16.9. The molecule has 1 aliphatic heterocycles. The Morgan fingerprint density at radius 3 is 2.24 bits per heavy atom. The Kier molecular flexibility index (Phi) is 20.8. The van der Waals surface area contributed by atoms with Crippen LogP contribution in [-0.2, 0) is 25.6 Å². The van der Waals surface area contributed by atoms with E-state index in [9.17, 15) is 29.2 Å². The van der Waals surface area contributed by atoms with Crippen LogP contribution in [0.5, 0.6) is 11.5 Å². The number of aryl methyl sites for hydroxylation is 1. The van der Waals surface area contributed by atoms with Gasteiger partial charge in [-0.3, -0.25) is 24.0 Å². The number of amides is 2. The lowest BCUT2D eigenvalue weighted by atomic mass is 9.88. The number of nitriles is 1. The molecule has 2 amide bonds. The number of fused-ring (bicyclic) bond motifs is 5. The second-order valence-electron chi connectivity index (χ2n) is 16.3. The van der Waals surface area contributed by atoms with E-state index < -0.39 is 41.5 Å². The van der Waals surface area contributed by atoms with Crippen molar-refractivity contribution < 1.29 is 33.4 Å². The molecule has 14 heteroatoms. The molecule has 3 aromatic carbocycles. The zero-order valence-corrected chi connectivity index (χ0v) is 38.2. The van der Waals surface area contributed by atoms with Gasteiger partial charge in [-0.15, -0.1) is 11.8 Å². The molecule has 13 nitrogen and oxygen atoms in total. The number of rotatable bonds is 23. The van der Waals surface area contributed by atoms with Crippen molar-refractivity contribution in [3.8, 4) is 28.7 Å². The maximum absolute atomic E-state index is 14.7. The minimum Gasteiger partial charge on any atom is -0.492 e. The lowest BCUT2D eigenvalue weighted by Gasteiger charge is -2.32. The van der Waals surface area contributed by atoms with Crippen LogP contribution in [0.15, 0.2) is 59.5 Å². The second-order valence-corrected chi connectivity index (χ2v) is 17.5. The number of carbonyl (C=O) groups excluding carboxylic acids is 5. The monoisotopic (exact) mass is 882 g/mol. The van der Waals surface area contributed by atoms with Crippen molar-refractivity contribution >= 4 is 40.9 Å². The number of unbranched alkanes of at least 4 members (excludes halogenated alkanes) is 4. The van der Waals surface area contributed by atoms with E-state index in [4.69, 9.17) is 26.7 Å². The van der Waals surface area contributed by atoms with Gasteiger partial charge in [0.1, 0.15) is 30.8 Å². The molecule has 4 rings (SSSR count). The van der Waals surface area contributed by atoms with E-state index in [0.29, 0.717) is 39.3 Å². The first-order valence-electron chi connectivity index (χ1n) is 22.3. The number of benzene rings is 3. The molecule has 0 spiro atoms. The van der Waals surface area contributed by atoms with Crippen LogP contribution in [0.1, 0.15) is 111 Å². The summed E-state index contributed by atoms with van der Waals surface area (Å²) < 4.78 is 12.3. The summed E-state index contributed by atoms with van der Waals surface area (Å²) in [5.41, 5.74) is 21.4. The topological polar surface area (TPSA) is 221 Å². The average Bonchev–Trinajstić information content (AvgIpc) is 3.27. The Morgan fingerprint density at radius 2 is 1.59 bits per heavy atom. The van der Waals surface area contributed by atoms with E-state index in [1.807, 2.05) is 37.3 Å². The van der Waals surface area contributed by atoms with Gasteiger partial charge in [0.2, 0.25) is 11.8 Å². The van der Waals surface area contributed by atoms with Gasteiger partial charge >= 0.3 is 0 Å². The van der Waals surface area contributed by atoms with Crippen molar-refractivity contribution in [2.75, 3.05) is 45.6 Å². The first-order chi connectivity index (χ1) is 30.4. The second kappa shape index (κ2) is 25.9. The summed E-state index contributed by atoms with van der Waals surface area (Å²) in [5.74, 6) is -1.75. The van der Waals surface area contributed by atoms with Crippen molar-refractivity contribution in [2.45, 2.75) is 108 Å². The quantitative estimate of drug-likeness (QED) is 0.0447. The largest absolute Gasteiger partial charge is 0.492 e. The fourth-order valence-electron chi connectivity index (χ4n) is 7.91. The number of nitrogens with two attached hydrogens (primary N) is 3. The molecular weight excluding hydrogens is 817 g/mol. The molecule has 63 heavy (non-hydrogen) atoms. The van der Waals surface area contributed by atoms with E-state index in [0.717, 1.165) is 22.6 Å². The first-order valence-corrected chi connectivity index (χ1v) is 23.2. The number of ketones is 3. The first kappa shape index (κ1) is 50.6. The van der Waals surface area contributed by atoms with Crippen molar-refractivity contribution in [1.29, 1.82) is 5.26 Å². The lowest BCUT2D eigenvalue weighted by molar-refractivity contribution is -0.142. The number of nitrogens with zero attached hydrogens (tertiary/aromatic N) is 2. The van der Waals surface area contributed by atoms with Crippen LogP contribution >= 0.6 is 11.8 Å². The van der Waals surface area contributed by atoms with Crippen LogP contribution in [0.4, 0.5) is 0 Å².